The highest BCUT2D eigenvalue weighted by Crippen LogP contribution is 2.38. The first-order chi connectivity index (χ1) is 15.0. The number of nitrogens with zero attached hydrogens (tertiary/aromatic N) is 1. The maximum atomic E-state index is 12.5. The monoisotopic (exact) mass is 425 g/mol. The molecule has 6 heteroatoms. The number of amides is 2. The predicted octanol–water partition coefficient (Wildman–Crippen LogP) is 4.03. The second kappa shape index (κ2) is 9.75. The van der Waals surface area contributed by atoms with Crippen molar-refractivity contribution in [1.29, 1.82) is 0 Å². The number of rotatable bonds is 7. The number of ether oxygens (including phenoxy) is 1. The summed E-state index contributed by atoms with van der Waals surface area (Å²) in [6, 6.07) is 7.64. The van der Waals surface area contributed by atoms with Gasteiger partial charge in [-0.15, -0.1) is 0 Å². The Bertz CT molecular complexity index is 816. The standard InChI is InChI=1S/C25H31NO5/c27-22(19-12-10-18(11-13-19)17-6-2-1-3-7-17)16-31-23(28)14-15-26-24(29)20-8-4-5-9-21(20)25(26)30/h10-13,17,20-21H,1-9,14-16H2/t20-,21+. The fourth-order valence-corrected chi connectivity index (χ4v) is 5.33. The van der Waals surface area contributed by atoms with Crippen molar-refractivity contribution in [3.05, 3.63) is 35.4 Å². The Morgan fingerprint density at radius 3 is 2.03 bits per heavy atom. The largest absolute Gasteiger partial charge is 0.457 e. The quantitative estimate of drug-likeness (QED) is 0.374. The summed E-state index contributed by atoms with van der Waals surface area (Å²) in [6.45, 7) is -0.289. The number of imide groups is 1. The number of Topliss-reactive ketones (excluding diaryl/α,β-unsaturated/α-hetero) is 1. The third-order valence-electron chi connectivity index (χ3n) is 7.15. The van der Waals surface area contributed by atoms with Crippen LogP contribution in [0, 0.1) is 11.8 Å². The van der Waals surface area contributed by atoms with Crippen LogP contribution < -0.4 is 0 Å². The molecule has 1 aromatic carbocycles. The van der Waals surface area contributed by atoms with Gasteiger partial charge in [-0.2, -0.15) is 0 Å². The smallest absolute Gasteiger partial charge is 0.308 e. The lowest BCUT2D eigenvalue weighted by molar-refractivity contribution is -0.145. The van der Waals surface area contributed by atoms with Crippen LogP contribution in [0.5, 0.6) is 0 Å². The van der Waals surface area contributed by atoms with E-state index < -0.39 is 5.97 Å². The molecule has 0 bridgehead atoms. The number of carbonyl (C=O) groups is 4. The summed E-state index contributed by atoms with van der Waals surface area (Å²) in [5.41, 5.74) is 1.80. The van der Waals surface area contributed by atoms with E-state index in [2.05, 4.69) is 0 Å². The summed E-state index contributed by atoms with van der Waals surface area (Å²) in [5.74, 6) is -0.972. The number of likely N-dealkylation sites (tertiary alicyclic amines) is 1. The SMILES string of the molecule is O=C(CCN1C(=O)[C@H]2CCCC[C@H]2C1=O)OCC(=O)c1ccc(C2CCCCC2)cc1. The van der Waals surface area contributed by atoms with Crippen LogP contribution in [0.25, 0.3) is 0 Å². The van der Waals surface area contributed by atoms with Crippen molar-refractivity contribution < 1.29 is 23.9 Å². The Morgan fingerprint density at radius 2 is 1.42 bits per heavy atom. The molecule has 6 nitrogen and oxygen atoms in total. The molecule has 31 heavy (non-hydrogen) atoms. The molecule has 4 rings (SSSR count). The highest BCUT2D eigenvalue weighted by atomic mass is 16.5. The van der Waals surface area contributed by atoms with Crippen LogP contribution in [0.15, 0.2) is 24.3 Å². The van der Waals surface area contributed by atoms with Gasteiger partial charge in [0.1, 0.15) is 0 Å². The normalized spacial score (nSPS) is 24.2. The molecule has 0 N–H and O–H groups in total. The molecular weight excluding hydrogens is 394 g/mol. The van der Waals surface area contributed by atoms with Crippen LogP contribution in [0.1, 0.15) is 86.0 Å². The first kappa shape index (κ1) is 21.7. The van der Waals surface area contributed by atoms with Crippen LogP contribution in [0.4, 0.5) is 0 Å². The fraction of sp³-hybridized carbons (Fsp3) is 0.600. The highest BCUT2D eigenvalue weighted by molar-refractivity contribution is 6.05. The Morgan fingerprint density at radius 1 is 0.839 bits per heavy atom. The molecule has 3 aliphatic rings. The third kappa shape index (κ3) is 4.89. The number of fused-ring (bicyclic) bond motifs is 1. The maximum Gasteiger partial charge on any atom is 0.308 e. The molecule has 0 spiro atoms. The Kier molecular flexibility index (Phi) is 6.83. The molecule has 1 aromatic rings. The van der Waals surface area contributed by atoms with E-state index in [4.69, 9.17) is 4.74 Å². The zero-order chi connectivity index (χ0) is 21.8. The molecule has 166 valence electrons. The van der Waals surface area contributed by atoms with E-state index in [1.54, 1.807) is 0 Å². The first-order valence-electron chi connectivity index (χ1n) is 11.7. The fourth-order valence-electron chi connectivity index (χ4n) is 5.33. The Balaban J connectivity index is 1.23. The number of ketones is 1. The molecule has 2 atom stereocenters. The molecule has 2 aliphatic carbocycles. The van der Waals surface area contributed by atoms with Gasteiger partial charge >= 0.3 is 5.97 Å². The lowest BCUT2D eigenvalue weighted by Crippen LogP contribution is -2.33. The summed E-state index contributed by atoms with van der Waals surface area (Å²) in [6.07, 6.45) is 9.61. The highest BCUT2D eigenvalue weighted by Gasteiger charge is 2.47. The summed E-state index contributed by atoms with van der Waals surface area (Å²) < 4.78 is 5.12. The van der Waals surface area contributed by atoms with Gasteiger partial charge < -0.3 is 4.74 Å². The maximum absolute atomic E-state index is 12.5. The summed E-state index contributed by atoms with van der Waals surface area (Å²) in [5, 5.41) is 0. The van der Waals surface area contributed by atoms with Crippen molar-refractivity contribution in [3.8, 4) is 0 Å². The number of hydrogen-bond acceptors (Lipinski definition) is 5. The molecule has 2 amide bonds. The topological polar surface area (TPSA) is 80.8 Å². The number of benzene rings is 1. The lowest BCUT2D eigenvalue weighted by atomic mass is 9.81. The van der Waals surface area contributed by atoms with E-state index in [1.165, 1.54) is 42.6 Å². The number of carbonyl (C=O) groups excluding carboxylic acids is 4. The van der Waals surface area contributed by atoms with Gasteiger partial charge in [-0.25, -0.2) is 0 Å². The van der Waals surface area contributed by atoms with Crippen molar-refractivity contribution in [2.75, 3.05) is 13.2 Å². The van der Waals surface area contributed by atoms with E-state index in [1.807, 2.05) is 24.3 Å². The first-order valence-corrected chi connectivity index (χ1v) is 11.7. The van der Waals surface area contributed by atoms with E-state index in [0.717, 1.165) is 25.7 Å². The number of esters is 1. The third-order valence-corrected chi connectivity index (χ3v) is 7.15. The Labute approximate surface area is 183 Å². The molecule has 0 radical (unpaired) electrons. The van der Waals surface area contributed by atoms with Crippen molar-refractivity contribution in [2.45, 2.75) is 70.1 Å². The average molecular weight is 426 g/mol. The van der Waals surface area contributed by atoms with Crippen LogP contribution in [0.2, 0.25) is 0 Å². The average Bonchev–Trinajstić information content (AvgIpc) is 3.06. The summed E-state index contributed by atoms with van der Waals surface area (Å²) in [4.78, 5) is 50.6. The van der Waals surface area contributed by atoms with E-state index in [9.17, 15) is 19.2 Å². The Hall–Kier alpha value is -2.50. The molecule has 1 aliphatic heterocycles. The van der Waals surface area contributed by atoms with E-state index in [-0.39, 0.29) is 49.0 Å². The van der Waals surface area contributed by atoms with Gasteiger partial charge in [0.25, 0.3) is 0 Å². The van der Waals surface area contributed by atoms with Gasteiger partial charge in [0.15, 0.2) is 12.4 Å². The minimum atomic E-state index is -0.567. The van der Waals surface area contributed by atoms with Crippen molar-refractivity contribution in [2.24, 2.45) is 11.8 Å². The van der Waals surface area contributed by atoms with Gasteiger partial charge in [-0.05, 0) is 37.2 Å². The summed E-state index contributed by atoms with van der Waals surface area (Å²) >= 11 is 0. The predicted molar refractivity (Wildman–Crippen MR) is 114 cm³/mol. The minimum absolute atomic E-state index is 0.0355. The van der Waals surface area contributed by atoms with Crippen molar-refractivity contribution >= 4 is 23.6 Å². The molecule has 0 aromatic heterocycles. The molecular formula is C25H31NO5. The van der Waals surface area contributed by atoms with Gasteiger partial charge in [0, 0.05) is 12.1 Å². The zero-order valence-electron chi connectivity index (χ0n) is 18.0. The van der Waals surface area contributed by atoms with Crippen molar-refractivity contribution in [3.63, 3.8) is 0 Å². The second-order valence-corrected chi connectivity index (χ2v) is 9.12. The second-order valence-electron chi connectivity index (χ2n) is 9.12. The van der Waals surface area contributed by atoms with Gasteiger partial charge in [-0.1, -0.05) is 56.4 Å². The molecule has 0 unspecified atom stereocenters. The van der Waals surface area contributed by atoms with E-state index in [0.29, 0.717) is 11.5 Å². The van der Waals surface area contributed by atoms with Gasteiger partial charge in [0.05, 0.1) is 18.3 Å². The minimum Gasteiger partial charge on any atom is -0.457 e. The molecule has 3 fully saturated rings. The molecule has 1 saturated heterocycles. The van der Waals surface area contributed by atoms with E-state index >= 15 is 0 Å². The van der Waals surface area contributed by atoms with Crippen LogP contribution in [-0.4, -0.2) is 41.6 Å². The summed E-state index contributed by atoms with van der Waals surface area (Å²) in [7, 11) is 0. The van der Waals surface area contributed by atoms with Gasteiger partial charge in [0.2, 0.25) is 11.8 Å². The molecule has 2 saturated carbocycles. The van der Waals surface area contributed by atoms with Crippen LogP contribution in [-0.2, 0) is 19.1 Å². The van der Waals surface area contributed by atoms with Crippen molar-refractivity contribution in [1.82, 2.24) is 4.90 Å². The van der Waals surface area contributed by atoms with Crippen LogP contribution >= 0.6 is 0 Å². The molecule has 1 heterocycles. The number of hydrogen-bond donors (Lipinski definition) is 0. The van der Waals surface area contributed by atoms with Crippen LogP contribution in [0.3, 0.4) is 0 Å². The lowest BCUT2D eigenvalue weighted by Gasteiger charge is -2.22. The van der Waals surface area contributed by atoms with Gasteiger partial charge in [-0.3, -0.25) is 24.1 Å². The zero-order valence-corrected chi connectivity index (χ0v) is 18.0.